The smallest absolute Gasteiger partial charge is 0.308 e. The molecule has 3 rings (SSSR count). The van der Waals surface area contributed by atoms with E-state index < -0.39 is 14.1 Å². The summed E-state index contributed by atoms with van der Waals surface area (Å²) in [4.78, 5) is 9.86. The maximum absolute atomic E-state index is 12.4. The Morgan fingerprint density at radius 3 is 2.20 bits per heavy atom. The van der Waals surface area contributed by atoms with Crippen molar-refractivity contribution in [1.29, 1.82) is 0 Å². The zero-order valence-corrected chi connectivity index (χ0v) is 18.4. The Balaban J connectivity index is 1.78. The van der Waals surface area contributed by atoms with Crippen LogP contribution in [0.2, 0.25) is 0 Å². The van der Waals surface area contributed by atoms with Gasteiger partial charge in [0.1, 0.15) is 9.75 Å². The lowest BCUT2D eigenvalue weighted by molar-refractivity contribution is -0.150. The molecule has 142 valence electrons. The average molecular weight is 489 g/mol. The number of hydrogen-bond acceptors (Lipinski definition) is 2. The lowest BCUT2D eigenvalue weighted by Gasteiger charge is -2.42. The standard InChI is InChI=1S/C16H17Cl7O2/c17-5-1-2-6-25-13(24)8-3-4-9-10(7-8)15(21)12(19)11(18)14(9,20)16(15,22)23/h8-10H,1-7H2/t8-,9+,10+,14+,15+/m1/s1. The second-order valence-corrected chi connectivity index (χ2v) is 10.6. The molecule has 0 aromatic heterocycles. The van der Waals surface area contributed by atoms with E-state index in [-0.39, 0.29) is 33.8 Å². The highest BCUT2D eigenvalue weighted by atomic mass is 35.5. The maximum Gasteiger partial charge on any atom is 0.308 e. The maximum atomic E-state index is 12.4. The summed E-state index contributed by atoms with van der Waals surface area (Å²) in [5.74, 6) is -0.348. The molecular formula is C16H17Cl7O2. The van der Waals surface area contributed by atoms with Gasteiger partial charge < -0.3 is 4.74 Å². The Morgan fingerprint density at radius 1 is 1.00 bits per heavy atom. The van der Waals surface area contributed by atoms with Crippen LogP contribution in [-0.4, -0.2) is 32.5 Å². The van der Waals surface area contributed by atoms with Crippen LogP contribution in [0.1, 0.15) is 32.1 Å². The molecule has 2 fully saturated rings. The van der Waals surface area contributed by atoms with Crippen molar-refractivity contribution in [2.24, 2.45) is 17.8 Å². The zero-order chi connectivity index (χ0) is 18.6. The van der Waals surface area contributed by atoms with E-state index in [4.69, 9.17) is 85.9 Å². The molecule has 2 nitrogen and oxygen atoms in total. The second-order valence-electron chi connectivity index (χ2n) is 6.91. The molecule has 25 heavy (non-hydrogen) atoms. The minimum atomic E-state index is -1.54. The Kier molecular flexibility index (Phi) is 6.08. The lowest BCUT2D eigenvalue weighted by Crippen LogP contribution is -2.44. The largest absolute Gasteiger partial charge is 0.465 e. The minimum absolute atomic E-state index is 0.142. The predicted molar refractivity (Wildman–Crippen MR) is 106 cm³/mol. The van der Waals surface area contributed by atoms with Crippen LogP contribution in [0.3, 0.4) is 0 Å². The molecule has 3 aliphatic carbocycles. The van der Waals surface area contributed by atoms with E-state index in [2.05, 4.69) is 0 Å². The summed E-state index contributed by atoms with van der Waals surface area (Å²) in [6.45, 7) is 0.364. The number of fused-ring (bicyclic) bond motifs is 5. The summed E-state index contributed by atoms with van der Waals surface area (Å²) in [6, 6.07) is 0. The van der Waals surface area contributed by atoms with Crippen molar-refractivity contribution in [1.82, 2.24) is 0 Å². The van der Waals surface area contributed by atoms with E-state index in [9.17, 15) is 4.79 Å². The summed E-state index contributed by atoms with van der Waals surface area (Å²) in [5, 5.41) is 0.410. The number of unbranched alkanes of at least 4 members (excludes halogenated alkanes) is 1. The number of rotatable bonds is 5. The SMILES string of the molecule is O=C(OCCCCCl)[C@@H]1CC[C@H]2[C@H](C1)[C@]1(Cl)C(Cl)=C(Cl)[C@]2(Cl)C1(Cl)Cl. The van der Waals surface area contributed by atoms with E-state index in [0.29, 0.717) is 31.7 Å². The van der Waals surface area contributed by atoms with Crippen molar-refractivity contribution < 1.29 is 9.53 Å². The molecule has 0 N–H and O–H groups in total. The third kappa shape index (κ3) is 2.76. The Hall–Kier alpha value is 1.24. The van der Waals surface area contributed by atoms with Gasteiger partial charge in [0.25, 0.3) is 0 Å². The van der Waals surface area contributed by atoms with Gasteiger partial charge >= 0.3 is 5.97 Å². The van der Waals surface area contributed by atoms with Crippen LogP contribution in [0.5, 0.6) is 0 Å². The highest BCUT2D eigenvalue weighted by Gasteiger charge is 2.82. The number of allylic oxidation sites excluding steroid dienone is 2. The van der Waals surface area contributed by atoms with Crippen LogP contribution in [0, 0.1) is 17.8 Å². The summed E-state index contributed by atoms with van der Waals surface area (Å²) in [5.41, 5.74) is 0. The first-order chi connectivity index (χ1) is 11.6. The van der Waals surface area contributed by atoms with Gasteiger partial charge in [-0.3, -0.25) is 4.79 Å². The minimum Gasteiger partial charge on any atom is -0.465 e. The van der Waals surface area contributed by atoms with E-state index in [0.717, 1.165) is 12.8 Å². The van der Waals surface area contributed by atoms with Crippen LogP contribution in [0.15, 0.2) is 10.1 Å². The topological polar surface area (TPSA) is 26.3 Å². The van der Waals surface area contributed by atoms with Gasteiger partial charge in [-0.15, -0.1) is 34.8 Å². The quantitative estimate of drug-likeness (QED) is 0.253. The van der Waals surface area contributed by atoms with E-state index in [1.54, 1.807) is 0 Å². The molecule has 0 radical (unpaired) electrons. The van der Waals surface area contributed by atoms with E-state index >= 15 is 0 Å². The molecule has 3 aliphatic rings. The van der Waals surface area contributed by atoms with Gasteiger partial charge in [-0.1, -0.05) is 46.4 Å². The molecule has 0 saturated heterocycles. The lowest BCUT2D eigenvalue weighted by atomic mass is 9.69. The van der Waals surface area contributed by atoms with Crippen LogP contribution in [0.4, 0.5) is 0 Å². The molecule has 0 heterocycles. The number of hydrogen-bond donors (Lipinski definition) is 0. The van der Waals surface area contributed by atoms with Gasteiger partial charge in [-0.2, -0.15) is 0 Å². The van der Waals surface area contributed by atoms with Crippen LogP contribution >= 0.6 is 81.2 Å². The van der Waals surface area contributed by atoms with Gasteiger partial charge in [-0.25, -0.2) is 0 Å². The monoisotopic (exact) mass is 486 g/mol. The second kappa shape index (κ2) is 7.25. The summed E-state index contributed by atoms with van der Waals surface area (Å²) in [7, 11) is 0. The Morgan fingerprint density at radius 2 is 1.60 bits per heavy atom. The summed E-state index contributed by atoms with van der Waals surface area (Å²) >= 11 is 45.1. The fourth-order valence-electron chi connectivity index (χ4n) is 4.44. The van der Waals surface area contributed by atoms with Gasteiger partial charge in [0, 0.05) is 5.88 Å². The predicted octanol–water partition coefficient (Wildman–Crippen LogP) is 6.43. The molecule has 2 bridgehead atoms. The summed E-state index contributed by atoms with van der Waals surface area (Å²) < 4.78 is 3.82. The number of ether oxygens (including phenoxy) is 1. The van der Waals surface area contributed by atoms with Crippen molar-refractivity contribution >= 4 is 87.2 Å². The molecule has 0 amide bonds. The fraction of sp³-hybridized carbons (Fsp3) is 0.812. The van der Waals surface area contributed by atoms with Crippen LogP contribution < -0.4 is 0 Å². The van der Waals surface area contributed by atoms with E-state index in [1.807, 2.05) is 0 Å². The zero-order valence-electron chi connectivity index (χ0n) is 13.1. The number of halogens is 7. The number of carbonyl (C=O) groups excluding carboxylic acids is 1. The first kappa shape index (κ1) is 21.0. The van der Waals surface area contributed by atoms with Crippen molar-refractivity contribution in [3.8, 4) is 0 Å². The fourth-order valence-corrected chi connectivity index (χ4v) is 7.76. The third-order valence-electron chi connectivity index (χ3n) is 5.72. The van der Waals surface area contributed by atoms with Gasteiger partial charge in [-0.05, 0) is 43.9 Å². The van der Waals surface area contributed by atoms with Gasteiger partial charge in [0.05, 0.1) is 22.6 Å². The van der Waals surface area contributed by atoms with Crippen molar-refractivity contribution in [2.75, 3.05) is 12.5 Å². The summed E-state index contributed by atoms with van der Waals surface area (Å²) in [6.07, 6.45) is 3.28. The first-order valence-corrected chi connectivity index (χ1v) is 11.0. The Labute approximate surface area is 182 Å². The molecular weight excluding hydrogens is 472 g/mol. The normalized spacial score (nSPS) is 41.8. The van der Waals surface area contributed by atoms with Crippen molar-refractivity contribution in [2.45, 2.75) is 46.2 Å². The third-order valence-corrected chi connectivity index (χ3v) is 10.3. The van der Waals surface area contributed by atoms with Crippen molar-refractivity contribution in [3.05, 3.63) is 10.1 Å². The number of carbonyl (C=O) groups is 1. The molecule has 5 atom stereocenters. The number of alkyl halides is 5. The highest BCUT2D eigenvalue weighted by Crippen LogP contribution is 2.78. The van der Waals surface area contributed by atoms with Crippen molar-refractivity contribution in [3.63, 3.8) is 0 Å². The molecule has 0 unspecified atom stereocenters. The van der Waals surface area contributed by atoms with Gasteiger partial charge in [0.2, 0.25) is 0 Å². The first-order valence-electron chi connectivity index (χ1n) is 8.18. The molecule has 9 heteroatoms. The Bertz CT molecular complexity index is 607. The molecule has 2 saturated carbocycles. The average Bonchev–Trinajstić information content (AvgIpc) is 2.79. The van der Waals surface area contributed by atoms with Crippen LogP contribution in [0.25, 0.3) is 0 Å². The molecule has 0 aromatic carbocycles. The van der Waals surface area contributed by atoms with E-state index in [1.165, 1.54) is 0 Å². The highest BCUT2D eigenvalue weighted by molar-refractivity contribution is 6.65. The molecule has 0 aliphatic heterocycles. The number of esters is 1. The molecule has 0 spiro atoms. The molecule has 0 aromatic rings. The van der Waals surface area contributed by atoms with Gasteiger partial charge in [0.15, 0.2) is 4.33 Å². The van der Waals surface area contributed by atoms with Crippen LogP contribution in [-0.2, 0) is 9.53 Å².